The summed E-state index contributed by atoms with van der Waals surface area (Å²) in [6.45, 7) is 0. The van der Waals surface area contributed by atoms with E-state index in [4.69, 9.17) is 0 Å². The van der Waals surface area contributed by atoms with Gasteiger partial charge in [-0.1, -0.05) is 0 Å². The molecule has 0 saturated heterocycles. The van der Waals surface area contributed by atoms with Crippen molar-refractivity contribution < 1.29 is 0 Å². The fraction of sp³-hybridized carbons (Fsp3) is 0. The Labute approximate surface area is 37.0 Å². The molecule has 0 bridgehead atoms. The molecule has 0 aliphatic heterocycles. The van der Waals surface area contributed by atoms with Gasteiger partial charge < -0.3 is 0 Å². The van der Waals surface area contributed by atoms with Gasteiger partial charge in [-0.3, -0.25) is 0 Å². The highest BCUT2D eigenvalue weighted by Crippen LogP contribution is 1.54. The van der Waals surface area contributed by atoms with Crippen molar-refractivity contribution in [1.82, 2.24) is 0 Å². The normalized spacial score (nSPS) is 3.00. The first kappa shape index (κ1) is 4.34. The van der Waals surface area contributed by atoms with Crippen LogP contribution < -0.4 is 0 Å². The maximum atomic E-state index is 4.65. The molecular formula is C4HS. The van der Waals surface area contributed by atoms with Crippen LogP contribution in [-0.2, 0) is 0 Å². The van der Waals surface area contributed by atoms with Crippen molar-refractivity contribution in [1.29, 1.82) is 0 Å². The summed E-state index contributed by atoms with van der Waals surface area (Å²) in [5.74, 6) is 4.26. The highest BCUT2D eigenvalue weighted by molar-refractivity contribution is 7.85. The molecule has 0 spiro atoms. The van der Waals surface area contributed by atoms with Crippen LogP contribution in [0.2, 0.25) is 0 Å². The third kappa shape index (κ3) is 3.34. The molecule has 5 heavy (non-hydrogen) atoms. The second-order valence-electron chi connectivity index (χ2n) is 0.371. The highest BCUT2D eigenvalue weighted by Gasteiger charge is 1.38. The molecule has 0 saturated carbocycles. The molecule has 0 aromatic rings. The molecule has 0 heterocycles. The second-order valence-corrected chi connectivity index (χ2v) is 0.576. The Morgan fingerprint density at radius 1 is 1.60 bits per heavy atom. The van der Waals surface area contributed by atoms with E-state index in [1.807, 2.05) is 0 Å². The molecule has 0 atom stereocenters. The van der Waals surface area contributed by atoms with Gasteiger partial charge in [-0.2, -0.15) is 0 Å². The fourth-order valence-electron chi connectivity index (χ4n) is 0.0295. The monoisotopic (exact) mass is 81.0 g/mol. The quantitative estimate of drug-likeness (QED) is 0.378. The summed E-state index contributed by atoms with van der Waals surface area (Å²) >= 11 is 4.15. The Morgan fingerprint density at radius 2 is 2.20 bits per heavy atom. The lowest BCUT2D eigenvalue weighted by Crippen LogP contribution is -1.33. The van der Waals surface area contributed by atoms with Gasteiger partial charge in [0, 0.05) is 11.2 Å². The molecule has 0 amide bonds. The maximum Gasteiger partial charge on any atom is 0.0148 e. The first-order valence-electron chi connectivity index (χ1n) is 0.993. The van der Waals surface area contributed by atoms with Crippen molar-refractivity contribution in [3.63, 3.8) is 0 Å². The standard InChI is InChI=1S/C4HS/c1-2-3-4-5/h1H. The smallest absolute Gasteiger partial charge is 0.0148 e. The summed E-state index contributed by atoms with van der Waals surface area (Å²) in [6.07, 6.45) is 4.65. The Morgan fingerprint density at radius 3 is 2.20 bits per heavy atom. The van der Waals surface area contributed by atoms with Crippen molar-refractivity contribution in [2.24, 2.45) is 0 Å². The molecule has 0 nitrogen and oxygen atoms in total. The van der Waals surface area contributed by atoms with E-state index in [9.17, 15) is 0 Å². The predicted molar refractivity (Wildman–Crippen MR) is 24.2 cm³/mol. The zero-order valence-electron chi connectivity index (χ0n) is 2.49. The minimum atomic E-state index is 2.05. The molecule has 0 N–H and O–H groups in total. The van der Waals surface area contributed by atoms with E-state index in [0.717, 1.165) is 0 Å². The maximum absolute atomic E-state index is 4.65. The van der Waals surface area contributed by atoms with Gasteiger partial charge in [0.15, 0.2) is 0 Å². The molecule has 1 radical (unpaired) electrons. The minimum Gasteiger partial charge on any atom is -0.106 e. The topological polar surface area (TPSA) is 0 Å². The lowest BCUT2D eigenvalue weighted by molar-refractivity contribution is 2.60. The number of hydrogen-bond acceptors (Lipinski definition) is 0. The lowest BCUT2D eigenvalue weighted by atomic mass is 10.7. The SMILES string of the molecule is C#CC#C[S]. The van der Waals surface area contributed by atoms with E-state index in [0.29, 0.717) is 0 Å². The third-order valence-corrected chi connectivity index (χ3v) is 0.225. The molecule has 0 fully saturated rings. The van der Waals surface area contributed by atoms with E-state index in [1.54, 1.807) is 0 Å². The average molecular weight is 81.1 g/mol. The molecule has 0 aliphatic carbocycles. The molecule has 0 aromatic heterocycles. The van der Waals surface area contributed by atoms with Crippen LogP contribution in [-0.4, -0.2) is 0 Å². The van der Waals surface area contributed by atoms with Gasteiger partial charge in [0.05, 0.1) is 0 Å². The van der Waals surface area contributed by atoms with Gasteiger partial charge in [0.1, 0.15) is 0 Å². The van der Waals surface area contributed by atoms with Gasteiger partial charge in [-0.15, -0.1) is 6.42 Å². The van der Waals surface area contributed by atoms with Crippen LogP contribution >= 0.6 is 12.6 Å². The molecule has 0 aliphatic rings. The fourth-order valence-corrected chi connectivity index (χ4v) is 0.0884. The van der Waals surface area contributed by atoms with Crippen molar-refractivity contribution in [2.45, 2.75) is 0 Å². The Balaban J connectivity index is 3.30. The van der Waals surface area contributed by atoms with E-state index in [2.05, 4.69) is 36.1 Å². The largest absolute Gasteiger partial charge is 0.106 e. The Hall–Kier alpha value is -0.660. The van der Waals surface area contributed by atoms with Crippen molar-refractivity contribution in [2.75, 3.05) is 0 Å². The van der Waals surface area contributed by atoms with E-state index >= 15 is 0 Å². The molecule has 1 heteroatoms. The number of rotatable bonds is 0. The lowest BCUT2D eigenvalue weighted by Gasteiger charge is -1.39. The number of hydrogen-bond donors (Lipinski definition) is 0. The first-order chi connectivity index (χ1) is 2.41. The van der Waals surface area contributed by atoms with Crippen LogP contribution in [0.15, 0.2) is 0 Å². The molecule has 0 rings (SSSR count). The Bertz CT molecular complexity index is 97.0. The molecule has 0 aromatic carbocycles. The van der Waals surface area contributed by atoms with E-state index in [1.165, 1.54) is 0 Å². The molecule has 0 unspecified atom stereocenters. The van der Waals surface area contributed by atoms with Crippen molar-refractivity contribution >= 4 is 12.6 Å². The second kappa shape index (κ2) is 3.34. The van der Waals surface area contributed by atoms with Gasteiger partial charge in [0.2, 0.25) is 0 Å². The van der Waals surface area contributed by atoms with E-state index in [-0.39, 0.29) is 0 Å². The highest BCUT2D eigenvalue weighted by atomic mass is 32.1. The summed E-state index contributed by atoms with van der Waals surface area (Å²) in [5.41, 5.74) is 0. The third-order valence-electron chi connectivity index (χ3n) is 0.123. The van der Waals surface area contributed by atoms with Gasteiger partial charge in [0.25, 0.3) is 0 Å². The first-order valence-corrected chi connectivity index (χ1v) is 1.40. The summed E-state index contributed by atoms with van der Waals surface area (Å²) in [5, 5.41) is 2.11. The summed E-state index contributed by atoms with van der Waals surface area (Å²) < 4.78 is 0. The van der Waals surface area contributed by atoms with Crippen LogP contribution in [0.3, 0.4) is 0 Å². The zero-order valence-corrected chi connectivity index (χ0v) is 3.30. The van der Waals surface area contributed by atoms with Crippen LogP contribution in [0.5, 0.6) is 0 Å². The van der Waals surface area contributed by atoms with Gasteiger partial charge >= 0.3 is 0 Å². The van der Waals surface area contributed by atoms with Crippen LogP contribution in [0.4, 0.5) is 0 Å². The molecule has 23 valence electrons. The summed E-state index contributed by atoms with van der Waals surface area (Å²) in [4.78, 5) is 0. The van der Waals surface area contributed by atoms with Gasteiger partial charge in [-0.25, -0.2) is 0 Å². The van der Waals surface area contributed by atoms with Crippen molar-refractivity contribution in [3.05, 3.63) is 0 Å². The van der Waals surface area contributed by atoms with Gasteiger partial charge in [-0.05, 0) is 18.5 Å². The predicted octanol–water partition coefficient (Wildman–Crippen LogP) is 0.778. The molecular weight excluding hydrogens is 80.1 g/mol. The van der Waals surface area contributed by atoms with Crippen LogP contribution in [0.25, 0.3) is 0 Å². The summed E-state index contributed by atoms with van der Waals surface area (Å²) in [7, 11) is 0. The Kier molecular flexibility index (Phi) is 2.90. The van der Waals surface area contributed by atoms with E-state index < -0.39 is 0 Å². The summed E-state index contributed by atoms with van der Waals surface area (Å²) in [6, 6.07) is 0. The number of terminal acetylenes is 1. The minimum absolute atomic E-state index is 2.05. The average Bonchev–Trinajstić information content (AvgIpc) is 1.41. The van der Waals surface area contributed by atoms with Crippen LogP contribution in [0, 0.1) is 23.5 Å². The van der Waals surface area contributed by atoms with Crippen LogP contribution in [0.1, 0.15) is 0 Å². The van der Waals surface area contributed by atoms with Crippen molar-refractivity contribution in [3.8, 4) is 23.5 Å². The zero-order chi connectivity index (χ0) is 4.12.